The van der Waals surface area contributed by atoms with Crippen molar-refractivity contribution < 1.29 is 4.79 Å². The Morgan fingerprint density at radius 3 is 2.76 bits per heavy atom. The number of carbonyl (C=O) groups excluding carboxylic acids is 1. The smallest absolute Gasteiger partial charge is 0.237 e. The first-order valence-electron chi connectivity index (χ1n) is 6.99. The van der Waals surface area contributed by atoms with Gasteiger partial charge in [0.05, 0.1) is 6.04 Å². The Kier molecular flexibility index (Phi) is 4.80. The van der Waals surface area contributed by atoms with E-state index in [1.54, 1.807) is 0 Å². The first kappa shape index (κ1) is 12.8. The number of hydrogen-bond donors (Lipinski definition) is 2. The third kappa shape index (κ3) is 3.96. The molecule has 2 rings (SSSR count). The molecule has 0 aliphatic carbocycles. The summed E-state index contributed by atoms with van der Waals surface area (Å²) in [6.45, 7) is 7.50. The monoisotopic (exact) mass is 239 g/mol. The molecule has 17 heavy (non-hydrogen) atoms. The molecule has 2 fully saturated rings. The van der Waals surface area contributed by atoms with Crippen LogP contribution >= 0.6 is 0 Å². The minimum Gasteiger partial charge on any atom is -0.353 e. The number of likely N-dealkylation sites (tertiary alicyclic amines) is 1. The van der Waals surface area contributed by atoms with Gasteiger partial charge in [0.1, 0.15) is 0 Å². The molecule has 2 aliphatic heterocycles. The maximum Gasteiger partial charge on any atom is 0.237 e. The second kappa shape index (κ2) is 6.36. The predicted molar refractivity (Wildman–Crippen MR) is 68.9 cm³/mol. The molecule has 0 aromatic carbocycles. The Morgan fingerprint density at radius 2 is 2.12 bits per heavy atom. The number of carbonyl (C=O) groups is 1. The highest BCUT2D eigenvalue weighted by atomic mass is 16.2. The molecule has 2 heterocycles. The standard InChI is InChI=1S/C13H25N3O/c1-11-4-8-16(9-5-11)10-7-15-13(17)12-3-2-6-14-12/h11-12,14H,2-10H2,1H3,(H,15,17)/t12-/m0/s1. The van der Waals surface area contributed by atoms with Crippen LogP contribution in [-0.4, -0.2) is 49.6 Å². The van der Waals surface area contributed by atoms with Gasteiger partial charge in [-0.2, -0.15) is 0 Å². The highest BCUT2D eigenvalue weighted by Gasteiger charge is 2.21. The van der Waals surface area contributed by atoms with Crippen molar-refractivity contribution in [3.8, 4) is 0 Å². The Morgan fingerprint density at radius 1 is 1.35 bits per heavy atom. The third-order valence-electron chi connectivity index (χ3n) is 3.98. The summed E-state index contributed by atoms with van der Waals surface area (Å²) in [5, 5.41) is 6.26. The molecule has 0 radical (unpaired) electrons. The lowest BCUT2D eigenvalue weighted by atomic mass is 9.99. The van der Waals surface area contributed by atoms with Crippen LogP contribution in [0, 0.1) is 5.92 Å². The van der Waals surface area contributed by atoms with Gasteiger partial charge in [-0.05, 0) is 51.2 Å². The van der Waals surface area contributed by atoms with Crippen LogP contribution in [0.1, 0.15) is 32.6 Å². The maximum atomic E-state index is 11.7. The van der Waals surface area contributed by atoms with Crippen molar-refractivity contribution in [1.29, 1.82) is 0 Å². The summed E-state index contributed by atoms with van der Waals surface area (Å²) >= 11 is 0. The van der Waals surface area contributed by atoms with E-state index in [1.807, 2.05) is 0 Å². The first-order chi connectivity index (χ1) is 8.25. The van der Waals surface area contributed by atoms with Crippen LogP contribution in [0.3, 0.4) is 0 Å². The van der Waals surface area contributed by atoms with Gasteiger partial charge in [0, 0.05) is 13.1 Å². The maximum absolute atomic E-state index is 11.7. The van der Waals surface area contributed by atoms with Crippen LogP contribution in [0.2, 0.25) is 0 Å². The molecular weight excluding hydrogens is 214 g/mol. The molecule has 1 atom stereocenters. The fourth-order valence-electron chi connectivity index (χ4n) is 2.65. The van der Waals surface area contributed by atoms with E-state index in [1.165, 1.54) is 25.9 Å². The molecule has 0 aromatic rings. The molecular formula is C13H25N3O. The Hall–Kier alpha value is -0.610. The summed E-state index contributed by atoms with van der Waals surface area (Å²) in [6, 6.07) is 0.0661. The van der Waals surface area contributed by atoms with Crippen molar-refractivity contribution in [1.82, 2.24) is 15.5 Å². The molecule has 0 spiro atoms. The minimum absolute atomic E-state index is 0.0661. The van der Waals surface area contributed by atoms with Crippen molar-refractivity contribution >= 4 is 5.91 Å². The fourth-order valence-corrected chi connectivity index (χ4v) is 2.65. The molecule has 2 N–H and O–H groups in total. The fraction of sp³-hybridized carbons (Fsp3) is 0.923. The molecule has 1 amide bonds. The highest BCUT2D eigenvalue weighted by Crippen LogP contribution is 2.15. The molecule has 2 aliphatic rings. The van der Waals surface area contributed by atoms with E-state index in [4.69, 9.17) is 0 Å². The number of rotatable bonds is 4. The highest BCUT2D eigenvalue weighted by molar-refractivity contribution is 5.81. The summed E-state index contributed by atoms with van der Waals surface area (Å²) in [7, 11) is 0. The molecule has 98 valence electrons. The Bertz CT molecular complexity index is 243. The third-order valence-corrected chi connectivity index (χ3v) is 3.98. The number of hydrogen-bond acceptors (Lipinski definition) is 3. The van der Waals surface area contributed by atoms with Crippen molar-refractivity contribution in [2.75, 3.05) is 32.7 Å². The topological polar surface area (TPSA) is 44.4 Å². The van der Waals surface area contributed by atoms with E-state index in [-0.39, 0.29) is 11.9 Å². The van der Waals surface area contributed by atoms with Crippen molar-refractivity contribution in [3.63, 3.8) is 0 Å². The summed E-state index contributed by atoms with van der Waals surface area (Å²) in [5.41, 5.74) is 0. The zero-order valence-corrected chi connectivity index (χ0v) is 10.9. The normalized spacial score (nSPS) is 27.2. The molecule has 0 unspecified atom stereocenters. The quantitative estimate of drug-likeness (QED) is 0.754. The average Bonchev–Trinajstić information content (AvgIpc) is 2.85. The minimum atomic E-state index is 0.0661. The van der Waals surface area contributed by atoms with Crippen LogP contribution in [0.25, 0.3) is 0 Å². The van der Waals surface area contributed by atoms with Gasteiger partial charge in [-0.1, -0.05) is 6.92 Å². The van der Waals surface area contributed by atoms with E-state index in [0.717, 1.165) is 38.4 Å². The second-order valence-electron chi connectivity index (χ2n) is 5.46. The summed E-state index contributed by atoms with van der Waals surface area (Å²) in [5.74, 6) is 1.07. The molecule has 0 saturated carbocycles. The van der Waals surface area contributed by atoms with Crippen molar-refractivity contribution in [3.05, 3.63) is 0 Å². The molecule has 0 bridgehead atoms. The zero-order valence-electron chi connectivity index (χ0n) is 10.9. The van der Waals surface area contributed by atoms with Crippen LogP contribution < -0.4 is 10.6 Å². The van der Waals surface area contributed by atoms with Crippen LogP contribution in [-0.2, 0) is 4.79 Å². The Labute approximate surface area is 104 Å². The number of piperidine rings is 1. The van der Waals surface area contributed by atoms with Gasteiger partial charge in [0.15, 0.2) is 0 Å². The predicted octanol–water partition coefficient (Wildman–Crippen LogP) is 0.587. The van der Waals surface area contributed by atoms with Gasteiger partial charge in [0.25, 0.3) is 0 Å². The summed E-state index contributed by atoms with van der Waals surface area (Å²) in [4.78, 5) is 14.2. The first-order valence-corrected chi connectivity index (χ1v) is 6.99. The average molecular weight is 239 g/mol. The van der Waals surface area contributed by atoms with E-state index in [9.17, 15) is 4.79 Å². The van der Waals surface area contributed by atoms with Crippen LogP contribution in [0.5, 0.6) is 0 Å². The van der Waals surface area contributed by atoms with E-state index in [2.05, 4.69) is 22.5 Å². The summed E-state index contributed by atoms with van der Waals surface area (Å²) in [6.07, 6.45) is 4.73. The van der Waals surface area contributed by atoms with Crippen LogP contribution in [0.15, 0.2) is 0 Å². The Balaban J connectivity index is 1.57. The summed E-state index contributed by atoms with van der Waals surface area (Å²) < 4.78 is 0. The lowest BCUT2D eigenvalue weighted by Crippen LogP contribution is -2.44. The molecule has 2 saturated heterocycles. The van der Waals surface area contributed by atoms with E-state index >= 15 is 0 Å². The van der Waals surface area contributed by atoms with E-state index < -0.39 is 0 Å². The van der Waals surface area contributed by atoms with Gasteiger partial charge < -0.3 is 15.5 Å². The lowest BCUT2D eigenvalue weighted by Gasteiger charge is -2.30. The van der Waals surface area contributed by atoms with Crippen molar-refractivity contribution in [2.45, 2.75) is 38.6 Å². The van der Waals surface area contributed by atoms with Gasteiger partial charge in [0.2, 0.25) is 5.91 Å². The SMILES string of the molecule is CC1CCN(CCNC(=O)[C@@H]2CCCN2)CC1. The van der Waals surface area contributed by atoms with Crippen molar-refractivity contribution in [2.24, 2.45) is 5.92 Å². The lowest BCUT2D eigenvalue weighted by molar-refractivity contribution is -0.122. The number of amides is 1. The molecule has 4 nitrogen and oxygen atoms in total. The zero-order chi connectivity index (χ0) is 12.1. The number of nitrogens with zero attached hydrogens (tertiary/aromatic N) is 1. The largest absolute Gasteiger partial charge is 0.353 e. The molecule has 0 aromatic heterocycles. The van der Waals surface area contributed by atoms with E-state index in [0.29, 0.717) is 0 Å². The van der Waals surface area contributed by atoms with Gasteiger partial charge in [-0.3, -0.25) is 4.79 Å². The van der Waals surface area contributed by atoms with Gasteiger partial charge >= 0.3 is 0 Å². The van der Waals surface area contributed by atoms with Crippen LogP contribution in [0.4, 0.5) is 0 Å². The molecule has 4 heteroatoms. The van der Waals surface area contributed by atoms with Gasteiger partial charge in [-0.15, -0.1) is 0 Å². The van der Waals surface area contributed by atoms with Gasteiger partial charge in [-0.25, -0.2) is 0 Å². The second-order valence-corrected chi connectivity index (χ2v) is 5.46. The number of nitrogens with one attached hydrogen (secondary N) is 2.